The van der Waals surface area contributed by atoms with E-state index in [4.69, 9.17) is 8.85 Å². The molecule has 0 saturated heterocycles. The molecule has 135 valence electrons. The van der Waals surface area contributed by atoms with E-state index >= 15 is 0 Å². The summed E-state index contributed by atoms with van der Waals surface area (Å²) in [5.41, 5.74) is 0.637. The minimum absolute atomic E-state index is 0.541. The third-order valence-corrected chi connectivity index (χ3v) is 5.26. The van der Waals surface area contributed by atoms with Crippen LogP contribution in [0.4, 0.5) is 13.2 Å². The predicted molar refractivity (Wildman–Crippen MR) is 94.8 cm³/mol. The van der Waals surface area contributed by atoms with Crippen LogP contribution in [0.5, 0.6) is 0 Å². The van der Waals surface area contributed by atoms with E-state index in [1.165, 1.54) is 12.1 Å². The van der Waals surface area contributed by atoms with E-state index in [1.807, 2.05) is 38.1 Å². The van der Waals surface area contributed by atoms with Crippen molar-refractivity contribution in [1.29, 1.82) is 0 Å². The molecular weight excluding hydrogens is 345 g/mol. The molecule has 0 aliphatic carbocycles. The second kappa shape index (κ2) is 9.17. The molecule has 0 heterocycles. The highest BCUT2D eigenvalue weighted by Crippen LogP contribution is 2.31. The van der Waals surface area contributed by atoms with E-state index in [1.54, 1.807) is 6.07 Å². The van der Waals surface area contributed by atoms with Gasteiger partial charge in [-0.15, -0.1) is 0 Å². The maximum atomic E-state index is 12.9. The molecular formula is C19H22F3O2Si. The van der Waals surface area contributed by atoms with Crippen LogP contribution in [0, 0.1) is 0 Å². The maximum Gasteiger partial charge on any atom is 0.423 e. The van der Waals surface area contributed by atoms with E-state index in [0.717, 1.165) is 29.7 Å². The third kappa shape index (κ3) is 5.69. The van der Waals surface area contributed by atoms with E-state index in [2.05, 4.69) is 0 Å². The van der Waals surface area contributed by atoms with Crippen LogP contribution in [-0.2, 0) is 15.0 Å². The Morgan fingerprint density at radius 1 is 0.840 bits per heavy atom. The highest BCUT2D eigenvalue weighted by molar-refractivity contribution is 6.61. The van der Waals surface area contributed by atoms with E-state index in [-0.39, 0.29) is 0 Å². The fourth-order valence-electron chi connectivity index (χ4n) is 2.27. The van der Waals surface area contributed by atoms with Crippen molar-refractivity contribution in [3.8, 4) is 11.1 Å². The molecule has 0 aliphatic rings. The number of hydrogen-bond acceptors (Lipinski definition) is 2. The summed E-state index contributed by atoms with van der Waals surface area (Å²) in [7, 11) is -1.56. The summed E-state index contributed by atoms with van der Waals surface area (Å²) in [4.78, 5) is 0. The summed E-state index contributed by atoms with van der Waals surface area (Å²) in [6.07, 6.45) is -2.52. The molecule has 0 amide bonds. The Kier molecular flexibility index (Phi) is 7.22. The molecule has 0 N–H and O–H groups in total. The lowest BCUT2D eigenvalue weighted by Gasteiger charge is -2.15. The van der Waals surface area contributed by atoms with Crippen molar-refractivity contribution >= 4 is 14.5 Å². The van der Waals surface area contributed by atoms with Crippen molar-refractivity contribution in [2.24, 2.45) is 0 Å². The average Bonchev–Trinajstić information content (AvgIpc) is 2.61. The maximum absolute atomic E-state index is 12.9. The van der Waals surface area contributed by atoms with E-state index in [0.29, 0.717) is 18.8 Å². The van der Waals surface area contributed by atoms with Gasteiger partial charge in [-0.3, -0.25) is 0 Å². The van der Waals surface area contributed by atoms with E-state index < -0.39 is 21.0 Å². The first kappa shape index (κ1) is 19.7. The largest absolute Gasteiger partial charge is 0.423 e. The van der Waals surface area contributed by atoms with Gasteiger partial charge in [0.1, 0.15) is 0 Å². The van der Waals surface area contributed by atoms with Gasteiger partial charge in [-0.1, -0.05) is 50.2 Å². The molecule has 0 spiro atoms. The third-order valence-electron chi connectivity index (χ3n) is 3.52. The summed E-state index contributed by atoms with van der Waals surface area (Å²) in [5, 5.41) is 0.961. The van der Waals surface area contributed by atoms with Crippen LogP contribution in [0.3, 0.4) is 0 Å². The van der Waals surface area contributed by atoms with Crippen LogP contribution < -0.4 is 5.19 Å². The van der Waals surface area contributed by atoms with Crippen molar-refractivity contribution in [3.63, 3.8) is 0 Å². The lowest BCUT2D eigenvalue weighted by Crippen LogP contribution is -2.37. The average molecular weight is 367 g/mol. The monoisotopic (exact) mass is 367 g/mol. The number of hydrogen-bond donors (Lipinski definition) is 0. The molecule has 0 aromatic heterocycles. The molecule has 25 heavy (non-hydrogen) atoms. The summed E-state index contributed by atoms with van der Waals surface area (Å²) >= 11 is 0. The Morgan fingerprint density at radius 3 is 1.96 bits per heavy atom. The number of rotatable bonds is 8. The highest BCUT2D eigenvalue weighted by Gasteiger charge is 2.30. The van der Waals surface area contributed by atoms with Crippen molar-refractivity contribution < 1.29 is 22.0 Å². The zero-order chi connectivity index (χ0) is 18.3. The molecule has 6 heteroatoms. The Morgan fingerprint density at radius 2 is 1.44 bits per heavy atom. The minimum Gasteiger partial charge on any atom is -0.390 e. The van der Waals surface area contributed by atoms with Crippen LogP contribution >= 0.6 is 0 Å². The van der Waals surface area contributed by atoms with Gasteiger partial charge < -0.3 is 8.85 Å². The van der Waals surface area contributed by atoms with Crippen LogP contribution in [0.1, 0.15) is 32.3 Å². The molecule has 2 rings (SSSR count). The molecule has 0 unspecified atom stereocenters. The van der Waals surface area contributed by atoms with Crippen LogP contribution in [0.15, 0.2) is 48.5 Å². The van der Waals surface area contributed by atoms with Crippen LogP contribution in [0.25, 0.3) is 11.1 Å². The van der Waals surface area contributed by atoms with Gasteiger partial charge in [-0.05, 0) is 41.3 Å². The van der Waals surface area contributed by atoms with E-state index in [9.17, 15) is 13.2 Å². The summed E-state index contributed by atoms with van der Waals surface area (Å²) in [5.74, 6) is 0. The van der Waals surface area contributed by atoms with Crippen molar-refractivity contribution in [3.05, 3.63) is 54.1 Å². The second-order valence-corrected chi connectivity index (χ2v) is 7.37. The summed E-state index contributed by atoms with van der Waals surface area (Å²) in [6, 6.07) is 12.8. The van der Waals surface area contributed by atoms with Gasteiger partial charge >= 0.3 is 15.5 Å². The second-order valence-electron chi connectivity index (χ2n) is 5.64. The lowest BCUT2D eigenvalue weighted by atomic mass is 10.0. The zero-order valence-electron chi connectivity index (χ0n) is 14.4. The first-order valence-corrected chi connectivity index (χ1v) is 9.68. The first-order chi connectivity index (χ1) is 12.0. The molecule has 2 aromatic carbocycles. The quantitative estimate of drug-likeness (QED) is 0.617. The molecule has 2 aromatic rings. The SMILES string of the molecule is CCCO[Si](OCCC)c1ccc(-c2cccc(C(F)(F)F)c2)cc1. The van der Waals surface area contributed by atoms with Gasteiger partial charge in [0.25, 0.3) is 0 Å². The smallest absolute Gasteiger partial charge is 0.390 e. The topological polar surface area (TPSA) is 18.5 Å². The number of benzene rings is 2. The van der Waals surface area contributed by atoms with Crippen molar-refractivity contribution in [2.75, 3.05) is 13.2 Å². The number of halogens is 3. The Balaban J connectivity index is 2.20. The molecule has 0 saturated carbocycles. The predicted octanol–water partition coefficient (Wildman–Crippen LogP) is 4.92. The first-order valence-electron chi connectivity index (χ1n) is 8.36. The standard InChI is InChI=1S/C19H22F3O2Si/c1-3-12-23-25(24-13-4-2)18-10-8-15(9-11-18)16-6-5-7-17(14-16)19(20,21)22/h5-11,14H,3-4,12-13H2,1-2H3. The van der Waals surface area contributed by atoms with Gasteiger partial charge in [0.2, 0.25) is 0 Å². The normalized spacial score (nSPS) is 11.9. The fraction of sp³-hybridized carbons (Fsp3) is 0.368. The molecule has 0 bridgehead atoms. The van der Waals surface area contributed by atoms with Gasteiger partial charge in [-0.25, -0.2) is 0 Å². The van der Waals surface area contributed by atoms with Gasteiger partial charge in [0.15, 0.2) is 0 Å². The molecule has 1 radical (unpaired) electrons. The Labute approximate surface area is 148 Å². The minimum atomic E-state index is -4.34. The fourth-order valence-corrected chi connectivity index (χ4v) is 3.91. The molecule has 0 aliphatic heterocycles. The summed E-state index contributed by atoms with van der Waals surface area (Å²) < 4.78 is 50.2. The van der Waals surface area contributed by atoms with Gasteiger partial charge in [0.05, 0.1) is 5.56 Å². The lowest BCUT2D eigenvalue weighted by molar-refractivity contribution is -0.137. The molecule has 0 fully saturated rings. The zero-order valence-corrected chi connectivity index (χ0v) is 15.4. The molecule has 2 nitrogen and oxygen atoms in total. The van der Waals surface area contributed by atoms with Crippen LogP contribution in [-0.4, -0.2) is 22.5 Å². The Bertz CT molecular complexity index is 648. The highest BCUT2D eigenvalue weighted by atomic mass is 28.3. The van der Waals surface area contributed by atoms with Crippen molar-refractivity contribution in [1.82, 2.24) is 0 Å². The Hall–Kier alpha value is -1.63. The van der Waals surface area contributed by atoms with Crippen molar-refractivity contribution in [2.45, 2.75) is 32.9 Å². The van der Waals surface area contributed by atoms with Crippen LogP contribution in [0.2, 0.25) is 0 Å². The van der Waals surface area contributed by atoms with Gasteiger partial charge in [0, 0.05) is 13.2 Å². The molecule has 0 atom stereocenters. The van der Waals surface area contributed by atoms with Gasteiger partial charge in [-0.2, -0.15) is 13.2 Å². The summed E-state index contributed by atoms with van der Waals surface area (Å²) in [6.45, 7) is 5.34. The number of alkyl halides is 3.